The molecule has 0 saturated carbocycles. The van der Waals surface area contributed by atoms with Gasteiger partial charge in [0, 0.05) is 11.9 Å². The van der Waals surface area contributed by atoms with Crippen molar-refractivity contribution in [1.29, 1.82) is 0 Å². The maximum atomic E-state index is 9.73. The third kappa shape index (κ3) is 3.75. The fourth-order valence-corrected chi connectivity index (χ4v) is 3.83. The minimum absolute atomic E-state index is 0. The number of rotatable bonds is 3. The molecule has 1 aromatic heterocycles. The second-order valence-electron chi connectivity index (χ2n) is 6.82. The fraction of sp³-hybridized carbons (Fsp3) is 0.333. The highest BCUT2D eigenvalue weighted by Gasteiger charge is 2.23. The molecule has 4 heteroatoms. The number of phenolic OH excluding ortho intramolecular Hbond substituents is 1. The van der Waals surface area contributed by atoms with Gasteiger partial charge in [-0.2, -0.15) is 0 Å². The molecule has 1 N–H and O–H groups in total. The molecule has 3 nitrogen and oxygen atoms in total. The highest BCUT2D eigenvalue weighted by atomic mass is 79.9. The van der Waals surface area contributed by atoms with E-state index in [9.17, 15) is 5.11 Å². The molecule has 0 amide bonds. The molecule has 132 valence electrons. The molecule has 2 aromatic carbocycles. The number of halogens is 1. The van der Waals surface area contributed by atoms with Gasteiger partial charge in [-0.05, 0) is 61.6 Å². The van der Waals surface area contributed by atoms with Gasteiger partial charge in [-0.3, -0.25) is 4.90 Å². The van der Waals surface area contributed by atoms with Gasteiger partial charge in [0.1, 0.15) is 17.1 Å². The first-order valence-electron chi connectivity index (χ1n) is 8.69. The van der Waals surface area contributed by atoms with Crippen LogP contribution in [-0.2, 0) is 6.54 Å². The van der Waals surface area contributed by atoms with Crippen LogP contribution in [0.25, 0.3) is 11.0 Å². The number of para-hydroxylation sites is 1. The Bertz CT molecular complexity index is 858. The number of nitrogens with zero attached hydrogens (tertiary/aromatic N) is 1. The number of benzene rings is 2. The van der Waals surface area contributed by atoms with Crippen LogP contribution in [0.3, 0.4) is 0 Å². The number of aromatic hydroxyl groups is 1. The Morgan fingerprint density at radius 1 is 1.16 bits per heavy atom. The minimum atomic E-state index is 0. The van der Waals surface area contributed by atoms with E-state index in [1.165, 1.54) is 29.4 Å². The lowest BCUT2D eigenvalue weighted by Crippen LogP contribution is -2.33. The van der Waals surface area contributed by atoms with Gasteiger partial charge >= 0.3 is 0 Å². The molecule has 1 unspecified atom stereocenters. The van der Waals surface area contributed by atoms with Crippen LogP contribution in [0.5, 0.6) is 5.75 Å². The Hall–Kier alpha value is -1.78. The van der Waals surface area contributed by atoms with Crippen molar-refractivity contribution >= 4 is 28.0 Å². The van der Waals surface area contributed by atoms with Crippen molar-refractivity contribution < 1.29 is 9.52 Å². The molecule has 0 radical (unpaired) electrons. The first-order chi connectivity index (χ1) is 11.7. The molecule has 4 rings (SSSR count). The van der Waals surface area contributed by atoms with Crippen LogP contribution in [0.4, 0.5) is 0 Å². The second-order valence-corrected chi connectivity index (χ2v) is 6.82. The summed E-state index contributed by atoms with van der Waals surface area (Å²) in [7, 11) is 0. The van der Waals surface area contributed by atoms with Crippen molar-refractivity contribution in [2.24, 2.45) is 0 Å². The third-order valence-corrected chi connectivity index (χ3v) is 5.16. The van der Waals surface area contributed by atoms with Crippen LogP contribution in [0.15, 0.2) is 52.9 Å². The number of piperidine rings is 1. The SMILES string of the molecule is Br.Cc1c(CN2CCCC(c3cccc(O)c3)C2)oc2ccccc12. The van der Waals surface area contributed by atoms with Crippen molar-refractivity contribution in [3.63, 3.8) is 0 Å². The van der Waals surface area contributed by atoms with E-state index in [0.29, 0.717) is 11.7 Å². The van der Waals surface area contributed by atoms with Crippen molar-refractivity contribution in [2.75, 3.05) is 13.1 Å². The van der Waals surface area contributed by atoms with Gasteiger partial charge in [-0.1, -0.05) is 30.3 Å². The van der Waals surface area contributed by atoms with E-state index in [1.54, 1.807) is 6.07 Å². The van der Waals surface area contributed by atoms with E-state index in [0.717, 1.165) is 31.0 Å². The predicted molar refractivity (Wildman–Crippen MR) is 107 cm³/mol. The number of likely N-dealkylation sites (tertiary alicyclic amines) is 1. The first-order valence-corrected chi connectivity index (χ1v) is 8.69. The highest BCUT2D eigenvalue weighted by Crippen LogP contribution is 2.31. The molecule has 1 aliphatic rings. The first kappa shape index (κ1) is 18.0. The molecule has 25 heavy (non-hydrogen) atoms. The summed E-state index contributed by atoms with van der Waals surface area (Å²) in [5.74, 6) is 1.92. The molecular weight excluding hydrogens is 378 g/mol. The zero-order valence-corrected chi connectivity index (χ0v) is 16.2. The predicted octanol–water partition coefficient (Wildman–Crippen LogP) is 5.40. The van der Waals surface area contributed by atoms with Gasteiger partial charge in [0.15, 0.2) is 0 Å². The summed E-state index contributed by atoms with van der Waals surface area (Å²) < 4.78 is 6.08. The standard InChI is InChI=1S/C21H23NO2.BrH/c1-15-19-9-2-3-10-20(19)24-21(15)14-22-11-5-7-17(13-22)16-6-4-8-18(23)12-16;/h2-4,6,8-10,12,17,23H,5,7,11,13-14H2,1H3;1H. The number of hydrogen-bond acceptors (Lipinski definition) is 3. The molecule has 0 bridgehead atoms. The molecule has 0 spiro atoms. The summed E-state index contributed by atoms with van der Waals surface area (Å²) in [5.41, 5.74) is 3.47. The zero-order chi connectivity index (χ0) is 16.5. The van der Waals surface area contributed by atoms with Crippen LogP contribution in [0.1, 0.15) is 35.6 Å². The average molecular weight is 402 g/mol. The summed E-state index contributed by atoms with van der Waals surface area (Å²) in [6, 6.07) is 16.0. The fourth-order valence-electron chi connectivity index (χ4n) is 3.83. The van der Waals surface area contributed by atoms with Gasteiger partial charge < -0.3 is 9.52 Å². The molecule has 1 fully saturated rings. The van der Waals surface area contributed by atoms with Crippen molar-refractivity contribution in [3.8, 4) is 5.75 Å². The maximum absolute atomic E-state index is 9.73. The lowest BCUT2D eigenvalue weighted by molar-refractivity contribution is 0.187. The Morgan fingerprint density at radius 2 is 2.00 bits per heavy atom. The minimum Gasteiger partial charge on any atom is -0.508 e. The van der Waals surface area contributed by atoms with Gasteiger partial charge in [0.05, 0.1) is 6.54 Å². The summed E-state index contributed by atoms with van der Waals surface area (Å²) in [6.07, 6.45) is 2.36. The Balaban J connectivity index is 0.00000182. The molecule has 0 aliphatic carbocycles. The van der Waals surface area contributed by atoms with Crippen LogP contribution >= 0.6 is 17.0 Å². The van der Waals surface area contributed by atoms with E-state index < -0.39 is 0 Å². The number of aryl methyl sites for hydroxylation is 1. The van der Waals surface area contributed by atoms with Crippen molar-refractivity contribution in [3.05, 3.63) is 65.4 Å². The Kier molecular flexibility index (Phi) is 5.50. The normalized spacial score (nSPS) is 18.2. The largest absolute Gasteiger partial charge is 0.508 e. The molecule has 1 saturated heterocycles. The van der Waals surface area contributed by atoms with E-state index in [1.807, 2.05) is 24.3 Å². The monoisotopic (exact) mass is 401 g/mol. The van der Waals surface area contributed by atoms with Crippen molar-refractivity contribution in [2.45, 2.75) is 32.2 Å². The quantitative estimate of drug-likeness (QED) is 0.637. The molecule has 3 aromatic rings. The molecule has 2 heterocycles. The average Bonchev–Trinajstić information content (AvgIpc) is 2.91. The molecular formula is C21H24BrNO2. The van der Waals surface area contributed by atoms with Gasteiger partial charge in [0.2, 0.25) is 0 Å². The van der Waals surface area contributed by atoms with Gasteiger partial charge in [-0.25, -0.2) is 0 Å². The lowest BCUT2D eigenvalue weighted by atomic mass is 9.90. The molecule has 1 atom stereocenters. The van der Waals surface area contributed by atoms with Gasteiger partial charge in [0.25, 0.3) is 0 Å². The van der Waals surface area contributed by atoms with Crippen LogP contribution in [0.2, 0.25) is 0 Å². The smallest absolute Gasteiger partial charge is 0.134 e. The summed E-state index contributed by atoms with van der Waals surface area (Å²) >= 11 is 0. The number of hydrogen-bond donors (Lipinski definition) is 1. The highest BCUT2D eigenvalue weighted by molar-refractivity contribution is 8.93. The van der Waals surface area contributed by atoms with Gasteiger partial charge in [-0.15, -0.1) is 17.0 Å². The Morgan fingerprint density at radius 3 is 2.80 bits per heavy atom. The van der Waals surface area contributed by atoms with E-state index in [4.69, 9.17) is 4.42 Å². The second kappa shape index (κ2) is 7.63. The van der Waals surface area contributed by atoms with Crippen LogP contribution in [-0.4, -0.2) is 23.1 Å². The van der Waals surface area contributed by atoms with E-state index >= 15 is 0 Å². The summed E-state index contributed by atoms with van der Waals surface area (Å²) in [6.45, 7) is 5.12. The van der Waals surface area contributed by atoms with Crippen molar-refractivity contribution in [1.82, 2.24) is 4.90 Å². The third-order valence-electron chi connectivity index (χ3n) is 5.16. The maximum Gasteiger partial charge on any atom is 0.134 e. The number of fused-ring (bicyclic) bond motifs is 1. The lowest BCUT2D eigenvalue weighted by Gasteiger charge is -2.32. The van der Waals surface area contributed by atoms with Crippen LogP contribution < -0.4 is 0 Å². The number of phenols is 1. The topological polar surface area (TPSA) is 36.6 Å². The Labute approximate surface area is 159 Å². The summed E-state index contributed by atoms with van der Waals surface area (Å²) in [5, 5.41) is 10.9. The van der Waals surface area contributed by atoms with Crippen LogP contribution in [0, 0.1) is 6.92 Å². The molecule has 1 aliphatic heterocycles. The van der Waals surface area contributed by atoms with E-state index in [2.05, 4.69) is 30.0 Å². The number of furan rings is 1. The summed E-state index contributed by atoms with van der Waals surface area (Å²) in [4.78, 5) is 2.48. The van der Waals surface area contributed by atoms with E-state index in [-0.39, 0.29) is 17.0 Å². The zero-order valence-electron chi connectivity index (χ0n) is 14.4.